The average Bonchev–Trinajstić information content (AvgIpc) is 3.33. The number of hydrogen-bond acceptors (Lipinski definition) is 6. The molecule has 38 heavy (non-hydrogen) atoms. The Morgan fingerprint density at radius 1 is 1.03 bits per heavy atom. The maximum atomic E-state index is 14.0. The highest BCUT2D eigenvalue weighted by molar-refractivity contribution is 7.91. The molecule has 1 aliphatic heterocycles. The van der Waals surface area contributed by atoms with E-state index < -0.39 is 27.4 Å². The molecule has 2 aromatic carbocycles. The molecule has 11 heteroatoms. The standard InChI is InChI=1S/C27H28F4N2O4S/c28-25-17-22(27(29,30)31)8-6-21(25)7-11-26-32-23(19-37-26)18-36-24-9-4-20(5-10-24)3-1-2-12-33-13-15-38(34,35)16-14-33/h4-11,17,19H,1-3,12-16,18H2/b11-7+. The molecule has 1 fully saturated rings. The Kier molecular flexibility index (Phi) is 8.88. The molecule has 1 aliphatic rings. The van der Waals surface area contributed by atoms with Gasteiger partial charge in [-0.05, 0) is 61.7 Å². The molecule has 0 aliphatic carbocycles. The molecule has 4 rings (SSSR count). The highest BCUT2D eigenvalue weighted by Gasteiger charge is 2.31. The lowest BCUT2D eigenvalue weighted by molar-refractivity contribution is -0.137. The van der Waals surface area contributed by atoms with E-state index in [1.54, 1.807) is 0 Å². The van der Waals surface area contributed by atoms with Gasteiger partial charge in [-0.2, -0.15) is 13.2 Å². The fourth-order valence-electron chi connectivity index (χ4n) is 4.01. The second-order valence-electron chi connectivity index (χ2n) is 9.13. The van der Waals surface area contributed by atoms with E-state index in [1.807, 2.05) is 24.3 Å². The minimum atomic E-state index is -4.61. The smallest absolute Gasteiger partial charge is 0.416 e. The SMILES string of the molecule is O=S1(=O)CCN(CCCCc2ccc(OCc3coc(/C=C/c4ccc(C(F)(F)F)cc4F)n3)cc2)CC1. The van der Waals surface area contributed by atoms with Gasteiger partial charge in [0.15, 0.2) is 9.84 Å². The van der Waals surface area contributed by atoms with Crippen molar-refractivity contribution in [3.63, 3.8) is 0 Å². The van der Waals surface area contributed by atoms with Gasteiger partial charge in [0.05, 0.1) is 17.1 Å². The molecule has 1 saturated heterocycles. The molecular formula is C27H28F4N2O4S. The molecule has 0 spiro atoms. The normalized spacial score (nSPS) is 16.2. The van der Waals surface area contributed by atoms with Gasteiger partial charge in [-0.25, -0.2) is 17.8 Å². The second kappa shape index (κ2) is 12.1. The quantitative estimate of drug-likeness (QED) is 0.240. The number of aromatic nitrogens is 1. The molecule has 0 atom stereocenters. The van der Waals surface area contributed by atoms with E-state index in [0.717, 1.165) is 37.9 Å². The van der Waals surface area contributed by atoms with Crippen molar-refractivity contribution in [3.05, 3.63) is 82.8 Å². The number of unbranched alkanes of at least 4 members (excludes halogenated alkanes) is 1. The summed E-state index contributed by atoms with van der Waals surface area (Å²) in [4.78, 5) is 6.43. The summed E-state index contributed by atoms with van der Waals surface area (Å²) in [5.74, 6) is 0.349. The van der Waals surface area contributed by atoms with Crippen LogP contribution in [0.3, 0.4) is 0 Å². The minimum Gasteiger partial charge on any atom is -0.487 e. The van der Waals surface area contributed by atoms with Crippen LogP contribution in [0.15, 0.2) is 53.1 Å². The van der Waals surface area contributed by atoms with Crippen LogP contribution in [-0.4, -0.2) is 49.4 Å². The number of hydrogen-bond donors (Lipinski definition) is 0. The van der Waals surface area contributed by atoms with Crippen molar-refractivity contribution in [1.82, 2.24) is 9.88 Å². The Bertz CT molecular complexity index is 1340. The van der Waals surface area contributed by atoms with E-state index in [-0.39, 0.29) is 29.6 Å². The Hall–Kier alpha value is -3.18. The number of alkyl halides is 3. The van der Waals surface area contributed by atoms with Gasteiger partial charge >= 0.3 is 6.18 Å². The summed E-state index contributed by atoms with van der Waals surface area (Å²) in [5.41, 5.74) is 0.621. The predicted octanol–water partition coefficient (Wildman–Crippen LogP) is 5.64. The third kappa shape index (κ3) is 8.16. The number of nitrogens with zero attached hydrogens (tertiary/aromatic N) is 2. The lowest BCUT2D eigenvalue weighted by atomic mass is 10.1. The fraction of sp³-hybridized carbons (Fsp3) is 0.370. The highest BCUT2D eigenvalue weighted by Crippen LogP contribution is 2.30. The van der Waals surface area contributed by atoms with Gasteiger partial charge in [-0.15, -0.1) is 0 Å². The monoisotopic (exact) mass is 552 g/mol. The molecule has 0 bridgehead atoms. The molecular weight excluding hydrogens is 524 g/mol. The average molecular weight is 553 g/mol. The lowest BCUT2D eigenvalue weighted by Gasteiger charge is -2.26. The minimum absolute atomic E-state index is 0.0176. The van der Waals surface area contributed by atoms with E-state index in [1.165, 1.54) is 24.0 Å². The first kappa shape index (κ1) is 27.8. The number of benzene rings is 2. The van der Waals surface area contributed by atoms with E-state index in [4.69, 9.17) is 9.15 Å². The van der Waals surface area contributed by atoms with Gasteiger partial charge in [0.1, 0.15) is 30.1 Å². The number of halogens is 4. The first-order chi connectivity index (χ1) is 18.1. The lowest BCUT2D eigenvalue weighted by Crippen LogP contribution is -2.40. The van der Waals surface area contributed by atoms with Crippen LogP contribution in [0.1, 0.15) is 41.1 Å². The van der Waals surface area contributed by atoms with Crippen LogP contribution in [0.2, 0.25) is 0 Å². The molecule has 0 unspecified atom stereocenters. The summed E-state index contributed by atoms with van der Waals surface area (Å²) in [6.45, 7) is 2.30. The number of rotatable bonds is 10. The molecule has 1 aromatic heterocycles. The van der Waals surface area contributed by atoms with Crippen molar-refractivity contribution < 1.29 is 35.1 Å². The molecule has 6 nitrogen and oxygen atoms in total. The van der Waals surface area contributed by atoms with E-state index in [2.05, 4.69) is 9.88 Å². The Morgan fingerprint density at radius 3 is 2.45 bits per heavy atom. The van der Waals surface area contributed by atoms with Crippen LogP contribution in [-0.2, 0) is 29.0 Å². The Labute approximate surface area is 218 Å². The van der Waals surface area contributed by atoms with Crippen LogP contribution in [0, 0.1) is 5.82 Å². The second-order valence-corrected chi connectivity index (χ2v) is 11.4. The zero-order valence-electron chi connectivity index (χ0n) is 20.6. The van der Waals surface area contributed by atoms with Gasteiger partial charge in [0, 0.05) is 24.7 Å². The number of ether oxygens (including phenoxy) is 1. The summed E-state index contributed by atoms with van der Waals surface area (Å²) in [7, 11) is -2.84. The Balaban J connectivity index is 1.19. The molecule has 0 saturated carbocycles. The van der Waals surface area contributed by atoms with Crippen LogP contribution < -0.4 is 4.74 Å². The summed E-state index contributed by atoms with van der Waals surface area (Å²) in [5, 5.41) is 0. The van der Waals surface area contributed by atoms with Gasteiger partial charge in [0.25, 0.3) is 0 Å². The Morgan fingerprint density at radius 2 is 1.76 bits per heavy atom. The summed E-state index contributed by atoms with van der Waals surface area (Å²) in [6, 6.07) is 10.1. The van der Waals surface area contributed by atoms with Gasteiger partial charge in [-0.3, -0.25) is 0 Å². The molecule has 0 N–H and O–H groups in total. The molecule has 204 valence electrons. The summed E-state index contributed by atoms with van der Waals surface area (Å²) in [6.07, 6.45) is 2.39. The van der Waals surface area contributed by atoms with E-state index in [9.17, 15) is 26.0 Å². The van der Waals surface area contributed by atoms with Crippen molar-refractivity contribution in [3.8, 4) is 5.75 Å². The predicted molar refractivity (Wildman–Crippen MR) is 136 cm³/mol. The van der Waals surface area contributed by atoms with Crippen molar-refractivity contribution in [2.45, 2.75) is 32.0 Å². The largest absolute Gasteiger partial charge is 0.487 e. The topological polar surface area (TPSA) is 72.6 Å². The maximum Gasteiger partial charge on any atom is 0.416 e. The van der Waals surface area contributed by atoms with Crippen molar-refractivity contribution in [2.75, 3.05) is 31.1 Å². The fourth-order valence-corrected chi connectivity index (χ4v) is 5.29. The third-order valence-electron chi connectivity index (χ3n) is 6.24. The van der Waals surface area contributed by atoms with Crippen LogP contribution in [0.25, 0.3) is 12.2 Å². The zero-order valence-corrected chi connectivity index (χ0v) is 21.4. The van der Waals surface area contributed by atoms with E-state index in [0.29, 0.717) is 30.6 Å². The van der Waals surface area contributed by atoms with Crippen LogP contribution in [0.5, 0.6) is 5.75 Å². The molecule has 0 amide bonds. The molecule has 3 aromatic rings. The van der Waals surface area contributed by atoms with E-state index >= 15 is 0 Å². The number of aryl methyl sites for hydroxylation is 1. The first-order valence-electron chi connectivity index (χ1n) is 12.2. The summed E-state index contributed by atoms with van der Waals surface area (Å²) < 4.78 is 86.0. The summed E-state index contributed by atoms with van der Waals surface area (Å²) >= 11 is 0. The van der Waals surface area contributed by atoms with Crippen LogP contribution >= 0.6 is 0 Å². The third-order valence-corrected chi connectivity index (χ3v) is 7.85. The zero-order chi connectivity index (χ0) is 27.2. The maximum absolute atomic E-state index is 14.0. The van der Waals surface area contributed by atoms with Crippen molar-refractivity contribution in [2.24, 2.45) is 0 Å². The van der Waals surface area contributed by atoms with Crippen molar-refractivity contribution >= 4 is 22.0 Å². The number of sulfone groups is 1. The molecule has 2 heterocycles. The van der Waals surface area contributed by atoms with Gasteiger partial charge < -0.3 is 14.1 Å². The first-order valence-corrected chi connectivity index (χ1v) is 14.0. The number of oxazole rings is 1. The van der Waals surface area contributed by atoms with Crippen molar-refractivity contribution in [1.29, 1.82) is 0 Å². The van der Waals surface area contributed by atoms with Gasteiger partial charge in [0.2, 0.25) is 5.89 Å². The van der Waals surface area contributed by atoms with Crippen LogP contribution in [0.4, 0.5) is 17.6 Å². The van der Waals surface area contributed by atoms with Gasteiger partial charge in [-0.1, -0.05) is 18.2 Å². The highest BCUT2D eigenvalue weighted by atomic mass is 32.2. The molecule has 0 radical (unpaired) electrons.